The van der Waals surface area contributed by atoms with Crippen LogP contribution >= 0.6 is 11.8 Å². The highest BCUT2D eigenvalue weighted by atomic mass is 32.2. The zero-order valence-electron chi connectivity index (χ0n) is 15.5. The van der Waals surface area contributed by atoms with E-state index in [2.05, 4.69) is 9.97 Å². The molecule has 0 amide bonds. The maximum absolute atomic E-state index is 12.4. The first-order valence-corrected chi connectivity index (χ1v) is 9.71. The molecule has 3 rings (SSSR count). The lowest BCUT2D eigenvalue weighted by Gasteiger charge is -2.15. The Labute approximate surface area is 164 Å². The molecule has 0 unspecified atom stereocenters. The van der Waals surface area contributed by atoms with E-state index in [4.69, 9.17) is 4.74 Å². The highest BCUT2D eigenvalue weighted by Crippen LogP contribution is 2.22. The number of aryl methyl sites for hydroxylation is 1. The third kappa shape index (κ3) is 4.46. The van der Waals surface area contributed by atoms with E-state index in [-0.39, 0.29) is 24.3 Å². The second-order valence-corrected chi connectivity index (χ2v) is 7.42. The van der Waals surface area contributed by atoms with E-state index in [0.717, 1.165) is 0 Å². The standard InChI is InChI=1S/C18H22N4O5S/c1-11(23)10-28-18-19-15-14(16(25)20-17(26)21(15)2)22(18)8-12(24)9-27-13-6-4-3-5-7-13/h3-7,11-12,23-24H,8-10H2,1-2H3,(H,20,25,26)/t11-,12+/m0/s1. The second-order valence-electron chi connectivity index (χ2n) is 6.43. The van der Waals surface area contributed by atoms with Gasteiger partial charge < -0.3 is 19.5 Å². The maximum Gasteiger partial charge on any atom is 0.329 e. The number of aromatic amines is 1. The number of ether oxygens (including phenoxy) is 1. The zero-order chi connectivity index (χ0) is 20.3. The van der Waals surface area contributed by atoms with Crippen LogP contribution in [0.1, 0.15) is 6.92 Å². The summed E-state index contributed by atoms with van der Waals surface area (Å²) in [6.45, 7) is 1.71. The summed E-state index contributed by atoms with van der Waals surface area (Å²) in [5.41, 5.74) is -0.736. The smallest absolute Gasteiger partial charge is 0.329 e. The van der Waals surface area contributed by atoms with Crippen LogP contribution in [-0.2, 0) is 13.6 Å². The molecule has 28 heavy (non-hydrogen) atoms. The first-order chi connectivity index (χ1) is 13.4. The van der Waals surface area contributed by atoms with E-state index in [1.54, 1.807) is 23.6 Å². The van der Waals surface area contributed by atoms with Crippen LogP contribution < -0.4 is 16.0 Å². The van der Waals surface area contributed by atoms with Gasteiger partial charge in [-0.15, -0.1) is 0 Å². The van der Waals surface area contributed by atoms with E-state index < -0.39 is 23.5 Å². The number of H-pyrrole nitrogens is 1. The summed E-state index contributed by atoms with van der Waals surface area (Å²) in [4.78, 5) is 30.9. The van der Waals surface area contributed by atoms with Crippen LogP contribution in [0.15, 0.2) is 45.1 Å². The molecule has 150 valence electrons. The predicted octanol–water partition coefficient (Wildman–Crippen LogP) is 0.336. The summed E-state index contributed by atoms with van der Waals surface area (Å²) >= 11 is 1.24. The second kappa shape index (κ2) is 8.63. The maximum atomic E-state index is 12.4. The number of rotatable bonds is 8. The highest BCUT2D eigenvalue weighted by Gasteiger charge is 2.20. The molecule has 10 heteroatoms. The number of hydrogen-bond donors (Lipinski definition) is 3. The molecule has 2 aromatic heterocycles. The van der Waals surface area contributed by atoms with Gasteiger partial charge in [-0.2, -0.15) is 0 Å². The van der Waals surface area contributed by atoms with Gasteiger partial charge in [0.05, 0.1) is 12.6 Å². The fourth-order valence-corrected chi connectivity index (χ4v) is 3.52. The Morgan fingerprint density at radius 2 is 1.96 bits per heavy atom. The third-order valence-electron chi connectivity index (χ3n) is 4.00. The molecule has 0 saturated carbocycles. The van der Waals surface area contributed by atoms with Gasteiger partial charge in [0.2, 0.25) is 0 Å². The molecule has 0 aliphatic rings. The summed E-state index contributed by atoms with van der Waals surface area (Å²) in [5, 5.41) is 20.5. The highest BCUT2D eigenvalue weighted by molar-refractivity contribution is 7.99. The van der Waals surface area contributed by atoms with Crippen molar-refractivity contribution in [3.63, 3.8) is 0 Å². The van der Waals surface area contributed by atoms with E-state index >= 15 is 0 Å². The van der Waals surface area contributed by atoms with E-state index in [1.165, 1.54) is 23.4 Å². The van der Waals surface area contributed by atoms with Crippen LogP contribution in [0, 0.1) is 0 Å². The molecule has 2 atom stereocenters. The first-order valence-electron chi connectivity index (χ1n) is 8.73. The van der Waals surface area contributed by atoms with Gasteiger partial charge in [0.15, 0.2) is 16.3 Å². The minimum atomic E-state index is -0.917. The molecule has 0 bridgehead atoms. The quantitative estimate of drug-likeness (QED) is 0.461. The third-order valence-corrected chi connectivity index (χ3v) is 5.22. The van der Waals surface area contributed by atoms with Crippen molar-refractivity contribution < 1.29 is 14.9 Å². The van der Waals surface area contributed by atoms with Crippen molar-refractivity contribution in [2.75, 3.05) is 12.4 Å². The van der Waals surface area contributed by atoms with Gasteiger partial charge in [0, 0.05) is 12.8 Å². The van der Waals surface area contributed by atoms with Crippen molar-refractivity contribution in [1.82, 2.24) is 19.1 Å². The summed E-state index contributed by atoms with van der Waals surface area (Å²) in [6, 6.07) is 9.09. The molecule has 0 radical (unpaired) electrons. The van der Waals surface area contributed by atoms with Crippen LogP contribution in [-0.4, -0.2) is 53.9 Å². The van der Waals surface area contributed by atoms with Crippen LogP contribution in [0.2, 0.25) is 0 Å². The molecule has 9 nitrogen and oxygen atoms in total. The molecule has 3 N–H and O–H groups in total. The molecule has 2 heterocycles. The number of nitrogens with zero attached hydrogens (tertiary/aromatic N) is 3. The Kier molecular flexibility index (Phi) is 6.22. The van der Waals surface area contributed by atoms with Crippen molar-refractivity contribution in [3.8, 4) is 5.75 Å². The van der Waals surface area contributed by atoms with Crippen LogP contribution in [0.5, 0.6) is 5.75 Å². The van der Waals surface area contributed by atoms with Crippen molar-refractivity contribution in [3.05, 3.63) is 51.2 Å². The molecular formula is C18H22N4O5S. The fourth-order valence-electron chi connectivity index (χ4n) is 2.66. The Morgan fingerprint density at radius 3 is 2.64 bits per heavy atom. The number of benzene rings is 1. The van der Waals surface area contributed by atoms with Gasteiger partial charge in [-0.05, 0) is 19.1 Å². The predicted molar refractivity (Wildman–Crippen MR) is 106 cm³/mol. The number of aliphatic hydroxyl groups is 2. The SMILES string of the molecule is C[C@H](O)CSc1nc2c(c(=O)[nH]c(=O)n2C)n1C[C@@H](O)COc1ccccc1. The molecule has 0 aliphatic heterocycles. The lowest BCUT2D eigenvalue weighted by Crippen LogP contribution is -2.30. The molecule has 3 aromatic rings. The zero-order valence-corrected chi connectivity index (χ0v) is 16.3. The number of aromatic nitrogens is 4. The Bertz CT molecular complexity index is 1060. The lowest BCUT2D eigenvalue weighted by atomic mass is 10.3. The van der Waals surface area contributed by atoms with Gasteiger partial charge in [0.25, 0.3) is 5.56 Å². The fraction of sp³-hybridized carbons (Fsp3) is 0.389. The minimum absolute atomic E-state index is 0.0217. The normalized spacial score (nSPS) is 13.6. The van der Waals surface area contributed by atoms with E-state index in [1.807, 2.05) is 18.2 Å². The number of thioether (sulfide) groups is 1. The van der Waals surface area contributed by atoms with Gasteiger partial charge in [-0.25, -0.2) is 9.78 Å². The number of fused-ring (bicyclic) bond motifs is 1. The van der Waals surface area contributed by atoms with E-state index in [9.17, 15) is 19.8 Å². The Morgan fingerprint density at radius 1 is 1.25 bits per heavy atom. The van der Waals surface area contributed by atoms with Gasteiger partial charge >= 0.3 is 5.69 Å². The van der Waals surface area contributed by atoms with Gasteiger partial charge in [0.1, 0.15) is 18.5 Å². The average Bonchev–Trinajstić information content (AvgIpc) is 3.02. The van der Waals surface area contributed by atoms with Crippen molar-refractivity contribution in [2.24, 2.45) is 7.05 Å². The monoisotopic (exact) mass is 406 g/mol. The first kappa shape index (κ1) is 20.2. The summed E-state index contributed by atoms with van der Waals surface area (Å²) in [7, 11) is 1.51. The minimum Gasteiger partial charge on any atom is -0.491 e. The lowest BCUT2D eigenvalue weighted by molar-refractivity contribution is 0.0913. The molecule has 0 fully saturated rings. The number of imidazole rings is 1. The largest absolute Gasteiger partial charge is 0.491 e. The van der Waals surface area contributed by atoms with Crippen molar-refractivity contribution in [1.29, 1.82) is 0 Å². The molecule has 0 saturated heterocycles. The van der Waals surface area contributed by atoms with Crippen LogP contribution in [0.25, 0.3) is 11.2 Å². The summed E-state index contributed by atoms with van der Waals surface area (Å²) < 4.78 is 8.37. The Balaban J connectivity index is 1.90. The Hall–Kier alpha value is -2.56. The number of para-hydroxylation sites is 1. The van der Waals surface area contributed by atoms with Crippen LogP contribution in [0.4, 0.5) is 0 Å². The number of hydrogen-bond acceptors (Lipinski definition) is 7. The van der Waals surface area contributed by atoms with Gasteiger partial charge in [-0.3, -0.25) is 14.3 Å². The molecule has 0 spiro atoms. The number of nitrogens with one attached hydrogen (secondary N) is 1. The van der Waals surface area contributed by atoms with Crippen molar-refractivity contribution in [2.45, 2.75) is 30.8 Å². The summed E-state index contributed by atoms with van der Waals surface area (Å²) in [6.07, 6.45) is -1.49. The topological polar surface area (TPSA) is 122 Å². The average molecular weight is 406 g/mol. The molecule has 0 aliphatic carbocycles. The number of aliphatic hydroxyl groups excluding tert-OH is 2. The van der Waals surface area contributed by atoms with Crippen LogP contribution in [0.3, 0.4) is 0 Å². The van der Waals surface area contributed by atoms with E-state index in [0.29, 0.717) is 16.7 Å². The molecular weight excluding hydrogens is 384 g/mol. The van der Waals surface area contributed by atoms with Gasteiger partial charge in [-0.1, -0.05) is 30.0 Å². The molecule has 1 aromatic carbocycles. The van der Waals surface area contributed by atoms with Crippen molar-refractivity contribution >= 4 is 22.9 Å². The summed E-state index contributed by atoms with van der Waals surface area (Å²) in [5.74, 6) is 0.979.